The van der Waals surface area contributed by atoms with Gasteiger partial charge in [0.25, 0.3) is 0 Å². The summed E-state index contributed by atoms with van der Waals surface area (Å²) < 4.78 is 5.44. The summed E-state index contributed by atoms with van der Waals surface area (Å²) in [5.74, 6) is 0. The van der Waals surface area contributed by atoms with Gasteiger partial charge in [0.2, 0.25) is 0 Å². The summed E-state index contributed by atoms with van der Waals surface area (Å²) in [6, 6.07) is 7.33. The van der Waals surface area contributed by atoms with Crippen molar-refractivity contribution in [3.8, 4) is 0 Å². The molecular formula is C14H19ClO5. The minimum absolute atomic E-state index is 0.400. The molecule has 1 aromatic carbocycles. The van der Waals surface area contributed by atoms with Crippen LogP contribution in [0, 0.1) is 0 Å². The van der Waals surface area contributed by atoms with Crippen LogP contribution >= 0.6 is 11.6 Å². The topological polar surface area (TPSA) is 90.2 Å². The van der Waals surface area contributed by atoms with Crippen LogP contribution < -0.4 is 0 Å². The molecule has 1 aromatic rings. The van der Waals surface area contributed by atoms with Crippen molar-refractivity contribution in [3.63, 3.8) is 0 Å². The van der Waals surface area contributed by atoms with Gasteiger partial charge in [-0.1, -0.05) is 23.7 Å². The maximum atomic E-state index is 9.91. The van der Waals surface area contributed by atoms with E-state index >= 15 is 0 Å². The molecule has 0 saturated carbocycles. The number of rotatable bonds is 4. The molecule has 1 aliphatic heterocycles. The van der Waals surface area contributed by atoms with Crippen LogP contribution in [0.4, 0.5) is 0 Å². The fourth-order valence-corrected chi connectivity index (χ4v) is 2.50. The second-order valence-electron chi connectivity index (χ2n) is 5.03. The van der Waals surface area contributed by atoms with Crippen molar-refractivity contribution in [2.24, 2.45) is 0 Å². The predicted molar refractivity (Wildman–Crippen MR) is 73.5 cm³/mol. The van der Waals surface area contributed by atoms with Crippen LogP contribution in [0.25, 0.3) is 0 Å². The fraction of sp³-hybridized carbons (Fsp3) is 0.571. The molecule has 0 spiro atoms. The van der Waals surface area contributed by atoms with Crippen molar-refractivity contribution in [2.45, 2.75) is 43.4 Å². The number of benzene rings is 1. The Hall–Kier alpha value is -0.690. The fourth-order valence-electron chi connectivity index (χ4n) is 2.38. The zero-order valence-corrected chi connectivity index (χ0v) is 11.6. The van der Waals surface area contributed by atoms with E-state index in [-0.39, 0.29) is 0 Å². The number of aryl methyl sites for hydroxylation is 1. The maximum Gasteiger partial charge on any atom is 0.111 e. The van der Waals surface area contributed by atoms with Gasteiger partial charge in [-0.3, -0.25) is 0 Å². The highest BCUT2D eigenvalue weighted by atomic mass is 35.5. The molecule has 1 unspecified atom stereocenters. The number of aliphatic hydroxyl groups is 4. The molecular weight excluding hydrogens is 284 g/mol. The minimum atomic E-state index is -1.31. The quantitative estimate of drug-likeness (QED) is 0.634. The van der Waals surface area contributed by atoms with E-state index in [0.29, 0.717) is 17.9 Å². The molecule has 1 aliphatic rings. The van der Waals surface area contributed by atoms with Crippen molar-refractivity contribution in [2.75, 3.05) is 6.61 Å². The molecule has 1 saturated heterocycles. The first-order valence-corrected chi connectivity index (χ1v) is 6.95. The van der Waals surface area contributed by atoms with Crippen LogP contribution in [0.2, 0.25) is 5.02 Å². The van der Waals surface area contributed by atoms with Crippen molar-refractivity contribution in [3.05, 3.63) is 34.9 Å². The second kappa shape index (κ2) is 6.85. The van der Waals surface area contributed by atoms with E-state index in [2.05, 4.69) is 0 Å². The monoisotopic (exact) mass is 302 g/mol. The van der Waals surface area contributed by atoms with Gasteiger partial charge in [0.1, 0.15) is 24.4 Å². The van der Waals surface area contributed by atoms with Crippen LogP contribution in [0.3, 0.4) is 0 Å². The van der Waals surface area contributed by atoms with Gasteiger partial charge >= 0.3 is 0 Å². The molecule has 0 amide bonds. The van der Waals surface area contributed by atoms with Gasteiger partial charge < -0.3 is 25.2 Å². The van der Waals surface area contributed by atoms with Gasteiger partial charge in [-0.25, -0.2) is 0 Å². The summed E-state index contributed by atoms with van der Waals surface area (Å²) >= 11 is 5.80. The number of aliphatic hydroxyl groups excluding tert-OH is 4. The van der Waals surface area contributed by atoms with E-state index in [1.165, 1.54) is 0 Å². The zero-order valence-electron chi connectivity index (χ0n) is 10.9. The van der Waals surface area contributed by atoms with E-state index in [9.17, 15) is 15.3 Å². The van der Waals surface area contributed by atoms with Crippen LogP contribution in [0.15, 0.2) is 24.3 Å². The highest BCUT2D eigenvalue weighted by Gasteiger charge is 2.42. The largest absolute Gasteiger partial charge is 0.394 e. The Bertz CT molecular complexity index is 422. The Labute approximate surface area is 122 Å². The summed E-state index contributed by atoms with van der Waals surface area (Å²) in [5, 5.41) is 39.0. The van der Waals surface area contributed by atoms with Gasteiger partial charge in [-0.05, 0) is 30.5 Å². The zero-order chi connectivity index (χ0) is 14.7. The van der Waals surface area contributed by atoms with Crippen molar-refractivity contribution < 1.29 is 25.2 Å². The Morgan fingerprint density at radius 2 is 1.55 bits per heavy atom. The lowest BCUT2D eigenvalue weighted by Gasteiger charge is -2.40. The molecule has 1 heterocycles. The molecule has 112 valence electrons. The second-order valence-corrected chi connectivity index (χ2v) is 5.47. The van der Waals surface area contributed by atoms with Crippen LogP contribution in [0.1, 0.15) is 12.0 Å². The molecule has 6 heteroatoms. The molecule has 0 aliphatic carbocycles. The van der Waals surface area contributed by atoms with Crippen LogP contribution in [-0.4, -0.2) is 57.6 Å². The Kier molecular flexibility index (Phi) is 5.37. The van der Waals surface area contributed by atoms with Gasteiger partial charge in [0, 0.05) is 5.02 Å². The molecule has 0 aromatic heterocycles. The average molecular weight is 303 g/mol. The highest BCUT2D eigenvalue weighted by Crippen LogP contribution is 2.24. The molecule has 5 atom stereocenters. The third-order valence-corrected chi connectivity index (χ3v) is 3.87. The van der Waals surface area contributed by atoms with E-state index in [1.54, 1.807) is 12.1 Å². The minimum Gasteiger partial charge on any atom is -0.394 e. The smallest absolute Gasteiger partial charge is 0.111 e. The third kappa shape index (κ3) is 3.49. The van der Waals surface area contributed by atoms with E-state index in [4.69, 9.17) is 21.4 Å². The van der Waals surface area contributed by atoms with Crippen LogP contribution in [0.5, 0.6) is 0 Å². The summed E-state index contributed by atoms with van der Waals surface area (Å²) in [7, 11) is 0. The number of halogens is 1. The number of hydrogen-bond donors (Lipinski definition) is 4. The molecule has 20 heavy (non-hydrogen) atoms. The lowest BCUT2D eigenvalue weighted by atomic mass is 9.92. The van der Waals surface area contributed by atoms with Crippen molar-refractivity contribution in [1.82, 2.24) is 0 Å². The predicted octanol–water partition coefficient (Wildman–Crippen LogP) is 0.115. The maximum absolute atomic E-state index is 9.91. The van der Waals surface area contributed by atoms with Gasteiger partial charge in [0.15, 0.2) is 0 Å². The lowest BCUT2D eigenvalue weighted by Crippen LogP contribution is -2.58. The van der Waals surface area contributed by atoms with Crippen LogP contribution in [-0.2, 0) is 11.2 Å². The molecule has 5 nitrogen and oxygen atoms in total. The van der Waals surface area contributed by atoms with E-state index in [0.717, 1.165) is 5.56 Å². The normalized spacial score (nSPS) is 34.1. The van der Waals surface area contributed by atoms with Gasteiger partial charge in [-0.15, -0.1) is 0 Å². The molecule has 0 bridgehead atoms. The highest BCUT2D eigenvalue weighted by molar-refractivity contribution is 6.30. The summed E-state index contributed by atoms with van der Waals surface area (Å²) in [6.45, 7) is -0.400. The standard InChI is InChI=1S/C14H19ClO5/c15-9-4-1-8(2-5-9)3-6-10-12(17)14(19)13(18)11(7-16)20-10/h1-2,4-5,10-14,16-19H,3,6-7H2/t10?,11-,12+,13-,14-/m1/s1. The number of ether oxygens (including phenoxy) is 1. The van der Waals surface area contributed by atoms with E-state index < -0.39 is 37.1 Å². The third-order valence-electron chi connectivity index (χ3n) is 3.62. The average Bonchev–Trinajstić information content (AvgIpc) is 2.46. The molecule has 2 rings (SSSR count). The Morgan fingerprint density at radius 1 is 0.950 bits per heavy atom. The first kappa shape index (κ1) is 15.7. The van der Waals surface area contributed by atoms with Crippen molar-refractivity contribution in [1.29, 1.82) is 0 Å². The molecule has 4 N–H and O–H groups in total. The number of hydrogen-bond acceptors (Lipinski definition) is 5. The van der Waals surface area contributed by atoms with Gasteiger partial charge in [0.05, 0.1) is 12.7 Å². The summed E-state index contributed by atoms with van der Waals surface area (Å²) in [6.07, 6.45) is -4.13. The van der Waals surface area contributed by atoms with E-state index in [1.807, 2.05) is 12.1 Å². The first-order valence-electron chi connectivity index (χ1n) is 6.58. The summed E-state index contributed by atoms with van der Waals surface area (Å²) in [5.41, 5.74) is 1.03. The first-order chi connectivity index (χ1) is 9.52. The summed E-state index contributed by atoms with van der Waals surface area (Å²) in [4.78, 5) is 0. The molecule has 0 radical (unpaired) electrons. The SMILES string of the molecule is OC[C@H]1OC(CCc2ccc(Cl)cc2)[C@H](O)[C@@H](O)[C@@H]1O. The Morgan fingerprint density at radius 3 is 2.15 bits per heavy atom. The van der Waals surface area contributed by atoms with Gasteiger partial charge in [-0.2, -0.15) is 0 Å². The lowest BCUT2D eigenvalue weighted by molar-refractivity contribution is -0.230. The molecule has 1 fully saturated rings. The Balaban J connectivity index is 1.95. The van der Waals surface area contributed by atoms with Crippen molar-refractivity contribution >= 4 is 11.6 Å².